The second-order valence-corrected chi connectivity index (χ2v) is 7.24. The zero-order valence-corrected chi connectivity index (χ0v) is 16.2. The fourth-order valence-electron chi connectivity index (χ4n) is 3.39. The van der Waals surface area contributed by atoms with E-state index in [0.29, 0.717) is 12.2 Å². The molecule has 3 rings (SSSR count). The number of hydrogen-bond donors (Lipinski definition) is 1. The molecule has 1 amide bonds. The predicted molar refractivity (Wildman–Crippen MR) is 109 cm³/mol. The molecule has 2 aromatic rings. The highest BCUT2D eigenvalue weighted by Crippen LogP contribution is 2.14. The minimum absolute atomic E-state index is 0.0255. The van der Waals surface area contributed by atoms with Crippen LogP contribution in [0.25, 0.3) is 0 Å². The molecule has 1 N–H and O–H groups in total. The Kier molecular flexibility index (Phi) is 7.28. The van der Waals surface area contributed by atoms with Crippen LogP contribution in [0.15, 0.2) is 54.6 Å². The third-order valence-corrected chi connectivity index (χ3v) is 5.12. The molecule has 1 fully saturated rings. The van der Waals surface area contributed by atoms with Gasteiger partial charge in [-0.05, 0) is 55.6 Å². The third-order valence-electron chi connectivity index (χ3n) is 5.12. The topological polar surface area (TPSA) is 41.6 Å². The number of carbonyl (C=O) groups is 1. The Morgan fingerprint density at radius 2 is 1.78 bits per heavy atom. The van der Waals surface area contributed by atoms with E-state index in [1.807, 2.05) is 54.6 Å². The van der Waals surface area contributed by atoms with Gasteiger partial charge in [-0.1, -0.05) is 43.7 Å². The van der Waals surface area contributed by atoms with Gasteiger partial charge >= 0.3 is 0 Å². The van der Waals surface area contributed by atoms with Crippen molar-refractivity contribution in [2.75, 3.05) is 19.6 Å². The molecule has 1 heterocycles. The maximum Gasteiger partial charge on any atom is 0.251 e. The molecule has 2 aromatic carbocycles. The lowest BCUT2D eigenvalue weighted by atomic mass is 10.0. The van der Waals surface area contributed by atoms with E-state index in [4.69, 9.17) is 4.74 Å². The largest absolute Gasteiger partial charge is 0.489 e. The van der Waals surface area contributed by atoms with Crippen molar-refractivity contribution in [1.29, 1.82) is 0 Å². The van der Waals surface area contributed by atoms with Gasteiger partial charge in [0.1, 0.15) is 12.4 Å². The van der Waals surface area contributed by atoms with E-state index in [9.17, 15) is 4.79 Å². The summed E-state index contributed by atoms with van der Waals surface area (Å²) in [6, 6.07) is 17.7. The number of nitrogens with zero attached hydrogens (tertiary/aromatic N) is 1. The van der Waals surface area contributed by atoms with Crippen LogP contribution in [-0.4, -0.2) is 36.5 Å². The Balaban J connectivity index is 1.44. The average Bonchev–Trinajstić information content (AvgIpc) is 2.73. The van der Waals surface area contributed by atoms with Gasteiger partial charge in [0.2, 0.25) is 0 Å². The normalized spacial score (nSPS) is 15.4. The summed E-state index contributed by atoms with van der Waals surface area (Å²) < 4.78 is 5.75. The number of amides is 1. The molecule has 0 spiro atoms. The van der Waals surface area contributed by atoms with Crippen LogP contribution < -0.4 is 10.1 Å². The van der Waals surface area contributed by atoms with Gasteiger partial charge in [-0.3, -0.25) is 4.79 Å². The Morgan fingerprint density at radius 3 is 2.44 bits per heavy atom. The molecule has 0 unspecified atom stereocenters. The minimum atomic E-state index is 0.0255. The zero-order valence-electron chi connectivity index (χ0n) is 16.2. The van der Waals surface area contributed by atoms with Crippen LogP contribution in [0.2, 0.25) is 0 Å². The number of likely N-dealkylation sites (tertiary alicyclic amines) is 1. The van der Waals surface area contributed by atoms with E-state index in [2.05, 4.69) is 17.1 Å². The molecule has 0 aromatic heterocycles. The maximum atomic E-state index is 12.5. The van der Waals surface area contributed by atoms with Gasteiger partial charge in [0.05, 0.1) is 0 Å². The number of benzene rings is 2. The first-order valence-electron chi connectivity index (χ1n) is 10.0. The second-order valence-electron chi connectivity index (χ2n) is 7.24. The molecular weight excluding hydrogens is 336 g/mol. The van der Waals surface area contributed by atoms with E-state index >= 15 is 0 Å². The van der Waals surface area contributed by atoms with Crippen LogP contribution in [0, 0.1) is 0 Å². The smallest absolute Gasteiger partial charge is 0.251 e. The van der Waals surface area contributed by atoms with Crippen molar-refractivity contribution in [3.05, 3.63) is 65.7 Å². The first-order valence-corrected chi connectivity index (χ1v) is 10.0. The molecule has 4 nitrogen and oxygen atoms in total. The highest BCUT2D eigenvalue weighted by molar-refractivity contribution is 5.94. The standard InChI is InChI=1S/C23H30N2O2/c1-2-3-15-25-16-13-21(14-17-25)24-23(26)20-11-9-19(10-12-20)18-27-22-7-5-4-6-8-22/h4-12,21H,2-3,13-18H2,1H3,(H,24,26). The van der Waals surface area contributed by atoms with Gasteiger partial charge in [-0.2, -0.15) is 0 Å². The minimum Gasteiger partial charge on any atom is -0.489 e. The molecule has 4 heteroatoms. The van der Waals surface area contributed by atoms with Crippen molar-refractivity contribution >= 4 is 5.91 Å². The van der Waals surface area contributed by atoms with Gasteiger partial charge in [-0.15, -0.1) is 0 Å². The summed E-state index contributed by atoms with van der Waals surface area (Å²) in [6.07, 6.45) is 4.58. The number of ether oxygens (including phenoxy) is 1. The van der Waals surface area contributed by atoms with Crippen molar-refractivity contribution in [2.24, 2.45) is 0 Å². The molecule has 27 heavy (non-hydrogen) atoms. The van der Waals surface area contributed by atoms with Crippen molar-refractivity contribution < 1.29 is 9.53 Å². The molecule has 0 aliphatic carbocycles. The molecule has 0 bridgehead atoms. The number of para-hydroxylation sites is 1. The number of carbonyl (C=O) groups excluding carboxylic acids is 1. The zero-order chi connectivity index (χ0) is 18.9. The van der Waals surface area contributed by atoms with Crippen LogP contribution in [-0.2, 0) is 6.61 Å². The maximum absolute atomic E-state index is 12.5. The van der Waals surface area contributed by atoms with Crippen molar-refractivity contribution in [2.45, 2.75) is 45.3 Å². The summed E-state index contributed by atoms with van der Waals surface area (Å²) >= 11 is 0. The van der Waals surface area contributed by atoms with E-state index in [1.165, 1.54) is 19.4 Å². The molecule has 0 radical (unpaired) electrons. The average molecular weight is 367 g/mol. The molecule has 1 aliphatic heterocycles. The van der Waals surface area contributed by atoms with Crippen LogP contribution >= 0.6 is 0 Å². The predicted octanol–water partition coefficient (Wildman–Crippen LogP) is 4.26. The highest BCUT2D eigenvalue weighted by Gasteiger charge is 2.20. The summed E-state index contributed by atoms with van der Waals surface area (Å²) in [4.78, 5) is 15.0. The van der Waals surface area contributed by atoms with Gasteiger partial charge < -0.3 is 15.0 Å². The quantitative estimate of drug-likeness (QED) is 0.759. The molecule has 0 saturated carbocycles. The lowest BCUT2D eigenvalue weighted by molar-refractivity contribution is 0.0910. The van der Waals surface area contributed by atoms with Crippen molar-refractivity contribution in [3.63, 3.8) is 0 Å². The number of piperidine rings is 1. The number of hydrogen-bond acceptors (Lipinski definition) is 3. The van der Waals surface area contributed by atoms with E-state index in [0.717, 1.165) is 37.2 Å². The first kappa shape index (κ1) is 19.4. The Morgan fingerprint density at radius 1 is 1.07 bits per heavy atom. The molecular formula is C23H30N2O2. The Labute approximate surface area is 162 Å². The number of rotatable bonds is 8. The fraction of sp³-hybridized carbons (Fsp3) is 0.435. The monoisotopic (exact) mass is 366 g/mol. The van der Waals surface area contributed by atoms with Crippen LogP contribution in [0.4, 0.5) is 0 Å². The molecule has 0 atom stereocenters. The van der Waals surface area contributed by atoms with Crippen molar-refractivity contribution in [3.8, 4) is 5.75 Å². The summed E-state index contributed by atoms with van der Waals surface area (Å²) in [5.74, 6) is 0.877. The van der Waals surface area contributed by atoms with Gasteiger partial charge in [0, 0.05) is 24.7 Å². The second kappa shape index (κ2) is 10.1. The van der Waals surface area contributed by atoms with Gasteiger partial charge in [0.25, 0.3) is 5.91 Å². The highest BCUT2D eigenvalue weighted by atomic mass is 16.5. The summed E-state index contributed by atoms with van der Waals surface area (Å²) in [7, 11) is 0. The Hall–Kier alpha value is -2.33. The van der Waals surface area contributed by atoms with Gasteiger partial charge in [-0.25, -0.2) is 0 Å². The van der Waals surface area contributed by atoms with Crippen molar-refractivity contribution in [1.82, 2.24) is 10.2 Å². The molecule has 1 saturated heterocycles. The number of nitrogens with one attached hydrogen (secondary N) is 1. The van der Waals surface area contributed by atoms with Crippen LogP contribution in [0.5, 0.6) is 5.75 Å². The van der Waals surface area contributed by atoms with E-state index in [1.54, 1.807) is 0 Å². The molecule has 1 aliphatic rings. The van der Waals surface area contributed by atoms with E-state index in [-0.39, 0.29) is 11.9 Å². The lowest BCUT2D eigenvalue weighted by Gasteiger charge is -2.32. The van der Waals surface area contributed by atoms with Crippen LogP contribution in [0.3, 0.4) is 0 Å². The van der Waals surface area contributed by atoms with Crippen LogP contribution in [0.1, 0.15) is 48.5 Å². The Bertz CT molecular complexity index is 692. The third kappa shape index (κ3) is 6.10. The lowest BCUT2D eigenvalue weighted by Crippen LogP contribution is -2.44. The summed E-state index contributed by atoms with van der Waals surface area (Å²) in [5.41, 5.74) is 1.77. The number of unbranched alkanes of at least 4 members (excludes halogenated alkanes) is 1. The summed E-state index contributed by atoms with van der Waals surface area (Å²) in [6.45, 7) is 6.08. The first-order chi connectivity index (χ1) is 13.2. The van der Waals surface area contributed by atoms with Gasteiger partial charge in [0.15, 0.2) is 0 Å². The SMILES string of the molecule is CCCCN1CCC(NC(=O)c2ccc(COc3ccccc3)cc2)CC1. The van der Waals surface area contributed by atoms with E-state index < -0.39 is 0 Å². The molecule has 144 valence electrons. The summed E-state index contributed by atoms with van der Waals surface area (Å²) in [5, 5.41) is 3.19. The fourth-order valence-corrected chi connectivity index (χ4v) is 3.39.